The Morgan fingerprint density at radius 2 is 1.97 bits per heavy atom. The van der Waals surface area contributed by atoms with E-state index < -0.39 is 36.5 Å². The Hall–Kier alpha value is -3.57. The van der Waals surface area contributed by atoms with Crippen LogP contribution in [0.4, 0.5) is 32.0 Å². The summed E-state index contributed by atoms with van der Waals surface area (Å²) in [6.45, 7) is -1.56. The smallest absolute Gasteiger partial charge is 0.340 e. The number of pyridine rings is 1. The fourth-order valence-electron chi connectivity index (χ4n) is 2.51. The molecule has 0 bridgehead atoms. The summed E-state index contributed by atoms with van der Waals surface area (Å²) in [5.41, 5.74) is -0.0223. The highest BCUT2D eigenvalue weighted by atomic mass is 19.3. The molecule has 2 heterocycles. The molecule has 12 heteroatoms. The Bertz CT molecular complexity index is 1090. The molecular formula is C19H14F6N4O2. The van der Waals surface area contributed by atoms with Gasteiger partial charge in [0.05, 0.1) is 17.4 Å². The van der Waals surface area contributed by atoms with Crippen molar-refractivity contribution in [2.24, 2.45) is 7.05 Å². The van der Waals surface area contributed by atoms with Crippen LogP contribution in [0.5, 0.6) is 5.88 Å². The van der Waals surface area contributed by atoms with Crippen molar-refractivity contribution >= 4 is 11.6 Å². The maximum absolute atomic E-state index is 14.1. The standard InChI is InChI=1S/C19H14F6N4O2/c1-29-8-13(16(28-29)12-4-2-10(20)6-14(12)21)17(30)27-11-3-5-15(26-7-11)31-9-19(24,25)18(22)23/h2-8,18H,9H2,1H3,(H,27,30). The molecule has 6 nitrogen and oxygen atoms in total. The van der Waals surface area contributed by atoms with Gasteiger partial charge in [-0.3, -0.25) is 9.48 Å². The van der Waals surface area contributed by atoms with E-state index in [1.165, 1.54) is 24.0 Å². The van der Waals surface area contributed by atoms with Crippen LogP contribution in [0.3, 0.4) is 0 Å². The number of rotatable bonds is 7. The Labute approximate surface area is 171 Å². The summed E-state index contributed by atoms with van der Waals surface area (Å²) in [5, 5.41) is 6.49. The van der Waals surface area contributed by atoms with Gasteiger partial charge in [0, 0.05) is 30.9 Å². The molecule has 31 heavy (non-hydrogen) atoms. The fourth-order valence-corrected chi connectivity index (χ4v) is 2.51. The number of aromatic nitrogens is 3. The number of nitrogens with zero attached hydrogens (tertiary/aromatic N) is 3. The summed E-state index contributed by atoms with van der Waals surface area (Å²) in [4.78, 5) is 16.3. The average molecular weight is 444 g/mol. The van der Waals surface area contributed by atoms with Gasteiger partial charge in [-0.15, -0.1) is 0 Å². The van der Waals surface area contributed by atoms with Crippen molar-refractivity contribution in [3.63, 3.8) is 0 Å². The second-order valence-electron chi connectivity index (χ2n) is 6.38. The lowest BCUT2D eigenvalue weighted by Gasteiger charge is -2.15. The van der Waals surface area contributed by atoms with Gasteiger partial charge in [-0.2, -0.15) is 13.9 Å². The highest BCUT2D eigenvalue weighted by Gasteiger charge is 2.41. The summed E-state index contributed by atoms with van der Waals surface area (Å²) in [6, 6.07) is 5.17. The predicted molar refractivity (Wildman–Crippen MR) is 97.2 cm³/mol. The van der Waals surface area contributed by atoms with E-state index in [0.29, 0.717) is 6.07 Å². The van der Waals surface area contributed by atoms with Crippen molar-refractivity contribution in [3.8, 4) is 17.1 Å². The zero-order chi connectivity index (χ0) is 22.8. The molecule has 3 aromatic rings. The number of carbonyl (C=O) groups excluding carboxylic acids is 1. The summed E-state index contributed by atoms with van der Waals surface area (Å²) < 4.78 is 83.1. The molecule has 1 N–H and O–H groups in total. The van der Waals surface area contributed by atoms with Crippen molar-refractivity contribution in [3.05, 3.63) is 59.9 Å². The van der Waals surface area contributed by atoms with E-state index in [1.54, 1.807) is 0 Å². The van der Waals surface area contributed by atoms with E-state index in [4.69, 9.17) is 0 Å². The molecule has 0 atom stereocenters. The Kier molecular flexibility index (Phi) is 6.18. The first-order chi connectivity index (χ1) is 14.6. The topological polar surface area (TPSA) is 69.0 Å². The minimum Gasteiger partial charge on any atom is -0.471 e. The van der Waals surface area contributed by atoms with E-state index in [-0.39, 0.29) is 28.4 Å². The van der Waals surface area contributed by atoms with Crippen LogP contribution in [0, 0.1) is 11.6 Å². The molecule has 1 amide bonds. The third-order valence-corrected chi connectivity index (χ3v) is 3.99. The van der Waals surface area contributed by atoms with Crippen LogP contribution in [0.2, 0.25) is 0 Å². The number of anilines is 1. The average Bonchev–Trinajstić information content (AvgIpc) is 3.09. The number of carbonyl (C=O) groups is 1. The molecule has 0 spiro atoms. The molecule has 0 aliphatic heterocycles. The lowest BCUT2D eigenvalue weighted by Crippen LogP contribution is -2.33. The summed E-state index contributed by atoms with van der Waals surface area (Å²) in [6.07, 6.45) is -1.50. The molecule has 0 saturated carbocycles. The van der Waals surface area contributed by atoms with Gasteiger partial charge in [0.2, 0.25) is 5.88 Å². The van der Waals surface area contributed by atoms with Gasteiger partial charge in [0.1, 0.15) is 17.3 Å². The van der Waals surface area contributed by atoms with Crippen LogP contribution in [-0.2, 0) is 7.05 Å². The minimum absolute atomic E-state index is 0.0232. The number of alkyl halides is 4. The van der Waals surface area contributed by atoms with Gasteiger partial charge < -0.3 is 10.1 Å². The van der Waals surface area contributed by atoms with Gasteiger partial charge in [0.15, 0.2) is 6.61 Å². The third kappa shape index (κ3) is 5.13. The number of benzene rings is 1. The molecule has 0 aliphatic rings. The molecule has 3 rings (SSSR count). The maximum atomic E-state index is 14.1. The van der Waals surface area contributed by atoms with Gasteiger partial charge in [-0.25, -0.2) is 22.5 Å². The molecule has 0 unspecified atom stereocenters. The maximum Gasteiger partial charge on any atom is 0.340 e. The first-order valence-electron chi connectivity index (χ1n) is 8.62. The zero-order valence-corrected chi connectivity index (χ0v) is 15.8. The molecule has 0 fully saturated rings. The zero-order valence-electron chi connectivity index (χ0n) is 15.8. The number of amides is 1. The van der Waals surface area contributed by atoms with Crippen LogP contribution in [-0.4, -0.2) is 39.6 Å². The Morgan fingerprint density at radius 3 is 2.58 bits per heavy atom. The number of hydrogen-bond acceptors (Lipinski definition) is 4. The van der Waals surface area contributed by atoms with Crippen molar-refractivity contribution in [1.29, 1.82) is 0 Å². The highest BCUT2D eigenvalue weighted by Crippen LogP contribution is 2.27. The highest BCUT2D eigenvalue weighted by molar-refractivity contribution is 6.08. The van der Waals surface area contributed by atoms with Crippen molar-refractivity contribution in [2.75, 3.05) is 11.9 Å². The summed E-state index contributed by atoms with van der Waals surface area (Å²) >= 11 is 0. The number of nitrogens with one attached hydrogen (secondary N) is 1. The van der Waals surface area contributed by atoms with Gasteiger partial charge in [-0.1, -0.05) is 0 Å². The second-order valence-corrected chi connectivity index (χ2v) is 6.38. The number of ether oxygens (including phenoxy) is 1. The van der Waals surface area contributed by atoms with E-state index in [0.717, 1.165) is 24.4 Å². The quantitative estimate of drug-likeness (QED) is 0.552. The first kappa shape index (κ1) is 22.1. The van der Waals surface area contributed by atoms with Gasteiger partial charge in [0.25, 0.3) is 5.91 Å². The first-order valence-corrected chi connectivity index (χ1v) is 8.62. The Balaban J connectivity index is 1.74. The van der Waals surface area contributed by atoms with Crippen LogP contribution < -0.4 is 10.1 Å². The van der Waals surface area contributed by atoms with Crippen molar-refractivity contribution < 1.29 is 35.9 Å². The predicted octanol–water partition coefficient (Wildman–Crippen LogP) is 4.29. The van der Waals surface area contributed by atoms with Crippen LogP contribution in [0.1, 0.15) is 10.4 Å². The molecular weight excluding hydrogens is 430 g/mol. The monoisotopic (exact) mass is 444 g/mol. The van der Waals surface area contributed by atoms with Crippen LogP contribution >= 0.6 is 0 Å². The van der Waals surface area contributed by atoms with Gasteiger partial charge >= 0.3 is 12.3 Å². The van der Waals surface area contributed by atoms with Crippen LogP contribution in [0.15, 0.2) is 42.7 Å². The fraction of sp³-hybridized carbons (Fsp3) is 0.211. The lowest BCUT2D eigenvalue weighted by molar-refractivity contribution is -0.148. The molecule has 0 radical (unpaired) electrons. The third-order valence-electron chi connectivity index (χ3n) is 3.99. The molecule has 0 saturated heterocycles. The number of hydrogen-bond donors (Lipinski definition) is 1. The largest absolute Gasteiger partial charge is 0.471 e. The van der Waals surface area contributed by atoms with E-state index >= 15 is 0 Å². The van der Waals surface area contributed by atoms with Crippen molar-refractivity contribution in [2.45, 2.75) is 12.3 Å². The van der Waals surface area contributed by atoms with Gasteiger partial charge in [-0.05, 0) is 18.2 Å². The normalized spacial score (nSPS) is 11.6. The van der Waals surface area contributed by atoms with E-state index in [2.05, 4.69) is 20.1 Å². The number of aryl methyl sites for hydroxylation is 1. The molecule has 0 aliphatic carbocycles. The Morgan fingerprint density at radius 1 is 1.23 bits per heavy atom. The SMILES string of the molecule is Cn1cc(C(=O)Nc2ccc(OCC(F)(F)C(F)F)nc2)c(-c2ccc(F)cc2F)n1. The summed E-state index contributed by atoms with van der Waals surface area (Å²) in [5.74, 6) is -7.08. The van der Waals surface area contributed by atoms with E-state index in [9.17, 15) is 31.1 Å². The molecule has 1 aromatic carbocycles. The van der Waals surface area contributed by atoms with Crippen LogP contribution in [0.25, 0.3) is 11.3 Å². The summed E-state index contributed by atoms with van der Waals surface area (Å²) in [7, 11) is 1.50. The second kappa shape index (κ2) is 8.66. The van der Waals surface area contributed by atoms with E-state index in [1.807, 2.05) is 0 Å². The van der Waals surface area contributed by atoms with Crippen molar-refractivity contribution in [1.82, 2.24) is 14.8 Å². The lowest BCUT2D eigenvalue weighted by atomic mass is 10.1. The molecule has 164 valence electrons. The minimum atomic E-state index is -4.33. The number of halogens is 6. The molecule has 2 aromatic heterocycles.